The number of nitrogens with one attached hydrogen (secondary N) is 1. The molecule has 1 aliphatic heterocycles. The molecule has 1 fully saturated rings. The molecule has 146 valence electrons. The van der Waals surface area contributed by atoms with Gasteiger partial charge in [0.25, 0.3) is 5.91 Å². The lowest BCUT2D eigenvalue weighted by Crippen LogP contribution is -2.56. The summed E-state index contributed by atoms with van der Waals surface area (Å²) in [4.78, 5) is 15.8. The van der Waals surface area contributed by atoms with Crippen LogP contribution in [0.15, 0.2) is 24.3 Å². The smallest absolute Gasteiger partial charge is 0.296 e. The van der Waals surface area contributed by atoms with Crippen molar-refractivity contribution < 1.29 is 23.2 Å². The van der Waals surface area contributed by atoms with Gasteiger partial charge >= 0.3 is 6.18 Å². The molecule has 0 bridgehead atoms. The normalized spacial score (nSPS) is 22.4. The Morgan fingerprint density at radius 3 is 2.27 bits per heavy atom. The minimum Gasteiger partial charge on any atom is -0.296 e. The number of alkyl halides is 3. The van der Waals surface area contributed by atoms with E-state index < -0.39 is 18.5 Å². The molecule has 8 heteroatoms. The van der Waals surface area contributed by atoms with Crippen molar-refractivity contribution >= 4 is 5.91 Å². The molecule has 1 aromatic carbocycles. The Balaban J connectivity index is 1.87. The molecular weight excluding hydrogens is 347 g/mol. The lowest BCUT2D eigenvalue weighted by molar-refractivity contribution is -0.137. The summed E-state index contributed by atoms with van der Waals surface area (Å²) in [5, 5.41) is 8.63. The molecule has 0 aromatic heterocycles. The van der Waals surface area contributed by atoms with Crippen molar-refractivity contribution in [2.24, 2.45) is 0 Å². The maximum absolute atomic E-state index is 12.3. The molecule has 5 nitrogen and oxygen atoms in total. The fourth-order valence-corrected chi connectivity index (χ4v) is 3.58. The minimum absolute atomic E-state index is 0.132. The molecule has 0 spiro atoms. The van der Waals surface area contributed by atoms with E-state index in [2.05, 4.69) is 9.80 Å². The number of piperazine rings is 1. The van der Waals surface area contributed by atoms with Gasteiger partial charge in [-0.2, -0.15) is 13.2 Å². The Morgan fingerprint density at radius 2 is 1.77 bits per heavy atom. The first-order valence-electron chi connectivity index (χ1n) is 8.78. The lowest BCUT2D eigenvalue weighted by atomic mass is 10.1. The van der Waals surface area contributed by atoms with Gasteiger partial charge in [0.1, 0.15) is 0 Å². The molecule has 1 heterocycles. The van der Waals surface area contributed by atoms with Crippen molar-refractivity contribution in [3.8, 4) is 0 Å². The van der Waals surface area contributed by atoms with Crippen LogP contribution in [0.5, 0.6) is 0 Å². The highest BCUT2D eigenvalue weighted by Crippen LogP contribution is 2.24. The van der Waals surface area contributed by atoms with Crippen molar-refractivity contribution in [1.29, 1.82) is 0 Å². The van der Waals surface area contributed by atoms with E-state index >= 15 is 0 Å². The molecule has 2 rings (SSSR count). The number of benzene rings is 1. The standard InChI is InChI=1S/C18H26F3N3O2/c1-13-10-23(11-14(2)24(13)9-3-8-18(19,20)21)12-15-4-6-16(7-5-15)17(25)22-26/h4-7,13-14,26H,3,8-12H2,1-2H3,(H,22,25)/t13-,14+. The van der Waals surface area contributed by atoms with Gasteiger partial charge in [-0.3, -0.25) is 19.8 Å². The number of carbonyl (C=O) groups excluding carboxylic acids is 1. The summed E-state index contributed by atoms with van der Waals surface area (Å²) in [6, 6.07) is 7.37. The second-order valence-electron chi connectivity index (χ2n) is 6.99. The number of amides is 1. The van der Waals surface area contributed by atoms with Gasteiger partial charge in [-0.15, -0.1) is 0 Å². The third kappa shape index (κ3) is 5.96. The minimum atomic E-state index is -4.09. The van der Waals surface area contributed by atoms with Crippen molar-refractivity contribution in [2.45, 2.75) is 51.5 Å². The van der Waals surface area contributed by atoms with Crippen LogP contribution in [0.3, 0.4) is 0 Å². The number of rotatable bonds is 6. The van der Waals surface area contributed by atoms with E-state index in [0.717, 1.165) is 18.7 Å². The Kier molecular flexibility index (Phi) is 7.02. The SMILES string of the molecule is C[C@@H]1CN(Cc2ccc(C(=O)NO)cc2)C[C@H](C)N1CCCC(F)(F)F. The molecule has 1 amide bonds. The van der Waals surface area contributed by atoms with Gasteiger partial charge < -0.3 is 0 Å². The summed E-state index contributed by atoms with van der Waals surface area (Å²) < 4.78 is 37.0. The van der Waals surface area contributed by atoms with Crippen molar-refractivity contribution in [3.05, 3.63) is 35.4 Å². The maximum atomic E-state index is 12.3. The van der Waals surface area contributed by atoms with Crippen LogP contribution in [0.25, 0.3) is 0 Å². The lowest BCUT2D eigenvalue weighted by Gasteiger charge is -2.44. The van der Waals surface area contributed by atoms with Crippen LogP contribution in [0.2, 0.25) is 0 Å². The predicted molar refractivity (Wildman–Crippen MR) is 91.9 cm³/mol. The molecule has 0 radical (unpaired) electrons. The zero-order valence-electron chi connectivity index (χ0n) is 15.1. The molecule has 26 heavy (non-hydrogen) atoms. The number of hydroxylamine groups is 1. The van der Waals surface area contributed by atoms with E-state index in [0.29, 0.717) is 18.7 Å². The fraction of sp³-hybridized carbons (Fsp3) is 0.611. The van der Waals surface area contributed by atoms with Crippen molar-refractivity contribution in [2.75, 3.05) is 19.6 Å². The van der Waals surface area contributed by atoms with Crippen LogP contribution < -0.4 is 5.48 Å². The van der Waals surface area contributed by atoms with Gasteiger partial charge in [0.05, 0.1) is 0 Å². The Labute approximate surface area is 151 Å². The van der Waals surface area contributed by atoms with Crippen LogP contribution in [0, 0.1) is 0 Å². The predicted octanol–water partition coefficient (Wildman–Crippen LogP) is 3.04. The molecule has 1 aromatic rings. The van der Waals surface area contributed by atoms with Gasteiger partial charge in [0.2, 0.25) is 0 Å². The quantitative estimate of drug-likeness (QED) is 0.595. The summed E-state index contributed by atoms with van der Waals surface area (Å²) in [5.74, 6) is -0.550. The van der Waals surface area contributed by atoms with Crippen molar-refractivity contribution in [3.63, 3.8) is 0 Å². The largest absolute Gasteiger partial charge is 0.389 e. The van der Waals surface area contributed by atoms with E-state index in [4.69, 9.17) is 5.21 Å². The summed E-state index contributed by atoms with van der Waals surface area (Å²) in [6.07, 6.45) is -4.69. The van der Waals surface area contributed by atoms with Crippen molar-refractivity contribution in [1.82, 2.24) is 15.3 Å². The first-order valence-corrected chi connectivity index (χ1v) is 8.78. The third-order valence-corrected chi connectivity index (χ3v) is 4.78. The number of hydrogen-bond donors (Lipinski definition) is 2. The average molecular weight is 373 g/mol. The van der Waals surface area contributed by atoms with Gasteiger partial charge in [-0.25, -0.2) is 5.48 Å². The second-order valence-corrected chi connectivity index (χ2v) is 6.99. The topological polar surface area (TPSA) is 55.8 Å². The average Bonchev–Trinajstić information content (AvgIpc) is 2.56. The zero-order valence-corrected chi connectivity index (χ0v) is 15.1. The highest BCUT2D eigenvalue weighted by molar-refractivity contribution is 5.93. The zero-order chi connectivity index (χ0) is 19.3. The second kappa shape index (κ2) is 8.83. The van der Waals surface area contributed by atoms with Gasteiger partial charge in [0, 0.05) is 43.7 Å². The monoisotopic (exact) mass is 373 g/mol. The van der Waals surface area contributed by atoms with E-state index in [9.17, 15) is 18.0 Å². The molecule has 0 unspecified atom stereocenters. The Bertz CT molecular complexity index is 580. The number of nitrogens with zero attached hydrogens (tertiary/aromatic N) is 2. The molecule has 0 saturated carbocycles. The summed E-state index contributed by atoms with van der Waals surface area (Å²) >= 11 is 0. The Morgan fingerprint density at radius 1 is 1.19 bits per heavy atom. The number of halogens is 3. The summed E-state index contributed by atoms with van der Waals surface area (Å²) in [5.41, 5.74) is 3.03. The molecule has 0 aliphatic carbocycles. The van der Waals surface area contributed by atoms with E-state index in [1.165, 1.54) is 0 Å². The number of hydrogen-bond acceptors (Lipinski definition) is 4. The number of carbonyl (C=O) groups is 1. The van der Waals surface area contributed by atoms with Crippen LogP contribution in [-0.4, -0.2) is 58.8 Å². The van der Waals surface area contributed by atoms with Gasteiger partial charge in [-0.1, -0.05) is 12.1 Å². The van der Waals surface area contributed by atoms with Gasteiger partial charge in [-0.05, 0) is 44.5 Å². The van der Waals surface area contributed by atoms with Crippen LogP contribution in [0.4, 0.5) is 13.2 Å². The Hall–Kier alpha value is -1.64. The summed E-state index contributed by atoms with van der Waals surface area (Å²) in [6.45, 7) is 6.84. The van der Waals surface area contributed by atoms with Crippen LogP contribution >= 0.6 is 0 Å². The molecule has 2 N–H and O–H groups in total. The van der Waals surface area contributed by atoms with E-state index in [1.807, 2.05) is 26.0 Å². The molecular formula is C18H26F3N3O2. The van der Waals surface area contributed by atoms with E-state index in [-0.39, 0.29) is 18.5 Å². The maximum Gasteiger partial charge on any atom is 0.389 e. The fourth-order valence-electron chi connectivity index (χ4n) is 3.58. The van der Waals surface area contributed by atoms with Crippen LogP contribution in [0.1, 0.15) is 42.6 Å². The molecule has 2 atom stereocenters. The van der Waals surface area contributed by atoms with Gasteiger partial charge in [0.15, 0.2) is 0 Å². The molecule has 1 saturated heterocycles. The van der Waals surface area contributed by atoms with E-state index in [1.54, 1.807) is 17.6 Å². The highest BCUT2D eigenvalue weighted by atomic mass is 19.4. The highest BCUT2D eigenvalue weighted by Gasteiger charge is 2.31. The first kappa shape index (κ1) is 20.7. The first-order chi connectivity index (χ1) is 12.2. The molecule has 1 aliphatic rings. The van der Waals surface area contributed by atoms with Crippen LogP contribution in [-0.2, 0) is 6.54 Å². The summed E-state index contributed by atoms with van der Waals surface area (Å²) in [7, 11) is 0. The third-order valence-electron chi connectivity index (χ3n) is 4.78.